The molecule has 3 aromatic rings. The van der Waals surface area contributed by atoms with E-state index in [1.54, 1.807) is 7.11 Å². The number of para-hydroxylation sites is 2. The molecule has 1 aromatic carbocycles. The number of aromatic amines is 1. The molecule has 138 valence electrons. The van der Waals surface area contributed by atoms with E-state index in [0.29, 0.717) is 18.3 Å². The maximum absolute atomic E-state index is 12.4. The van der Waals surface area contributed by atoms with Crippen LogP contribution in [0.1, 0.15) is 43.6 Å². The van der Waals surface area contributed by atoms with Gasteiger partial charge >= 0.3 is 5.69 Å². The molecule has 4 rings (SSSR count). The van der Waals surface area contributed by atoms with Crippen molar-refractivity contribution in [1.29, 1.82) is 0 Å². The van der Waals surface area contributed by atoms with Crippen LogP contribution in [0.5, 0.6) is 0 Å². The Hall–Kier alpha value is -2.45. The topological polar surface area (TPSA) is 89.2 Å². The summed E-state index contributed by atoms with van der Waals surface area (Å²) >= 11 is 0. The largest absolute Gasteiger partial charge is 0.374 e. The molecule has 0 spiro atoms. The van der Waals surface area contributed by atoms with Crippen molar-refractivity contribution in [2.75, 3.05) is 20.2 Å². The second-order valence-corrected chi connectivity index (χ2v) is 6.75. The van der Waals surface area contributed by atoms with Gasteiger partial charge in [0.15, 0.2) is 5.82 Å². The Morgan fingerprint density at radius 2 is 2.12 bits per heavy atom. The van der Waals surface area contributed by atoms with Crippen molar-refractivity contribution in [2.24, 2.45) is 0 Å². The number of imidazole rings is 1. The first-order valence-electron chi connectivity index (χ1n) is 8.92. The highest BCUT2D eigenvalue weighted by molar-refractivity contribution is 5.75. The summed E-state index contributed by atoms with van der Waals surface area (Å²) in [7, 11) is 1.62. The van der Waals surface area contributed by atoms with Crippen LogP contribution in [-0.2, 0) is 11.3 Å². The van der Waals surface area contributed by atoms with Crippen LogP contribution in [0.3, 0.4) is 0 Å². The Morgan fingerprint density at radius 1 is 1.35 bits per heavy atom. The van der Waals surface area contributed by atoms with Crippen LogP contribution in [0.15, 0.2) is 33.6 Å². The summed E-state index contributed by atoms with van der Waals surface area (Å²) in [6, 6.07) is 8.05. The van der Waals surface area contributed by atoms with E-state index in [1.807, 2.05) is 35.8 Å². The minimum Gasteiger partial charge on any atom is -0.374 e. The number of rotatable bonds is 5. The van der Waals surface area contributed by atoms with Crippen LogP contribution in [0.4, 0.5) is 0 Å². The number of methoxy groups -OCH3 is 1. The number of hydrogen-bond donors (Lipinski definition) is 1. The molecule has 1 aliphatic rings. The van der Waals surface area contributed by atoms with E-state index in [1.165, 1.54) is 0 Å². The van der Waals surface area contributed by atoms with Crippen LogP contribution >= 0.6 is 0 Å². The fourth-order valence-corrected chi connectivity index (χ4v) is 3.57. The van der Waals surface area contributed by atoms with Crippen LogP contribution in [0.2, 0.25) is 0 Å². The van der Waals surface area contributed by atoms with Gasteiger partial charge in [-0.1, -0.05) is 17.3 Å². The maximum atomic E-state index is 12.4. The number of benzene rings is 1. The van der Waals surface area contributed by atoms with Crippen molar-refractivity contribution in [3.63, 3.8) is 0 Å². The maximum Gasteiger partial charge on any atom is 0.326 e. The number of nitrogens with one attached hydrogen (secondary N) is 1. The van der Waals surface area contributed by atoms with Gasteiger partial charge in [0.05, 0.1) is 17.6 Å². The standard InChI is InChI=1S/C18H23N5O3/c1-12(25-2)17-20-16(26-21-17)11-22-9-7-13(8-10-22)23-15-6-4-3-5-14(15)19-18(23)24/h3-6,12-13H,7-11H2,1-2H3,(H,19,24). The molecule has 3 heterocycles. The second-order valence-electron chi connectivity index (χ2n) is 6.75. The first kappa shape index (κ1) is 17.0. The van der Waals surface area contributed by atoms with Gasteiger partial charge in [-0.3, -0.25) is 9.47 Å². The number of fused-ring (bicyclic) bond motifs is 1. The highest BCUT2D eigenvalue weighted by atomic mass is 16.5. The summed E-state index contributed by atoms with van der Waals surface area (Å²) in [5.74, 6) is 1.18. The molecule has 0 aliphatic carbocycles. The van der Waals surface area contributed by atoms with Gasteiger partial charge in [0, 0.05) is 26.2 Å². The second kappa shape index (κ2) is 7.05. The highest BCUT2D eigenvalue weighted by Crippen LogP contribution is 2.25. The fourth-order valence-electron chi connectivity index (χ4n) is 3.57. The predicted molar refractivity (Wildman–Crippen MR) is 95.8 cm³/mol. The number of H-pyrrole nitrogens is 1. The number of ether oxygens (including phenoxy) is 1. The van der Waals surface area contributed by atoms with Gasteiger partial charge in [-0.25, -0.2) is 4.79 Å². The van der Waals surface area contributed by atoms with E-state index in [2.05, 4.69) is 20.0 Å². The minimum absolute atomic E-state index is 0.0280. The van der Waals surface area contributed by atoms with Gasteiger partial charge in [0.2, 0.25) is 5.89 Å². The normalized spacial score (nSPS) is 17.8. The van der Waals surface area contributed by atoms with E-state index in [0.717, 1.165) is 37.0 Å². The molecule has 0 bridgehead atoms. The van der Waals surface area contributed by atoms with E-state index >= 15 is 0 Å². The zero-order valence-electron chi connectivity index (χ0n) is 15.0. The van der Waals surface area contributed by atoms with Crippen molar-refractivity contribution in [2.45, 2.75) is 38.5 Å². The Labute approximate surface area is 150 Å². The Morgan fingerprint density at radius 3 is 2.88 bits per heavy atom. The number of aromatic nitrogens is 4. The third kappa shape index (κ3) is 3.17. The van der Waals surface area contributed by atoms with Gasteiger partial charge in [0.1, 0.15) is 6.10 Å². The monoisotopic (exact) mass is 357 g/mol. The summed E-state index contributed by atoms with van der Waals surface area (Å²) in [6.07, 6.45) is 1.65. The molecular weight excluding hydrogens is 334 g/mol. The number of nitrogens with zero attached hydrogens (tertiary/aromatic N) is 4. The lowest BCUT2D eigenvalue weighted by molar-refractivity contribution is 0.109. The molecule has 1 N–H and O–H groups in total. The third-order valence-electron chi connectivity index (χ3n) is 5.11. The summed E-state index contributed by atoms with van der Waals surface area (Å²) < 4.78 is 12.4. The lowest BCUT2D eigenvalue weighted by Gasteiger charge is -2.31. The van der Waals surface area contributed by atoms with E-state index < -0.39 is 0 Å². The zero-order chi connectivity index (χ0) is 18.1. The molecular formula is C18H23N5O3. The summed E-state index contributed by atoms with van der Waals surface area (Å²) in [6.45, 7) is 4.28. The summed E-state index contributed by atoms with van der Waals surface area (Å²) in [4.78, 5) is 22.0. The number of hydrogen-bond acceptors (Lipinski definition) is 6. The number of piperidine rings is 1. The first-order valence-corrected chi connectivity index (χ1v) is 8.92. The predicted octanol–water partition coefficient (Wildman–Crippen LogP) is 2.26. The van der Waals surface area contributed by atoms with E-state index in [9.17, 15) is 4.79 Å². The van der Waals surface area contributed by atoms with Crippen molar-refractivity contribution >= 4 is 11.0 Å². The lowest BCUT2D eigenvalue weighted by Crippen LogP contribution is -2.36. The highest BCUT2D eigenvalue weighted by Gasteiger charge is 2.25. The van der Waals surface area contributed by atoms with Crippen molar-refractivity contribution in [3.8, 4) is 0 Å². The van der Waals surface area contributed by atoms with Crippen LogP contribution < -0.4 is 5.69 Å². The first-order chi connectivity index (χ1) is 12.7. The van der Waals surface area contributed by atoms with Crippen LogP contribution in [0.25, 0.3) is 11.0 Å². The average molecular weight is 357 g/mol. The van der Waals surface area contributed by atoms with Crippen LogP contribution in [-0.4, -0.2) is 44.8 Å². The quantitative estimate of drug-likeness (QED) is 0.753. The molecule has 1 atom stereocenters. The van der Waals surface area contributed by atoms with E-state index in [-0.39, 0.29) is 17.8 Å². The van der Waals surface area contributed by atoms with Crippen molar-refractivity contribution in [1.82, 2.24) is 24.6 Å². The average Bonchev–Trinajstić information content (AvgIpc) is 3.25. The third-order valence-corrected chi connectivity index (χ3v) is 5.11. The molecule has 0 radical (unpaired) electrons. The van der Waals surface area contributed by atoms with Gasteiger partial charge in [-0.15, -0.1) is 0 Å². The van der Waals surface area contributed by atoms with Gasteiger partial charge < -0.3 is 14.2 Å². The van der Waals surface area contributed by atoms with Gasteiger partial charge in [-0.2, -0.15) is 4.98 Å². The molecule has 1 unspecified atom stereocenters. The van der Waals surface area contributed by atoms with Crippen molar-refractivity contribution in [3.05, 3.63) is 46.5 Å². The molecule has 8 heteroatoms. The van der Waals surface area contributed by atoms with Crippen molar-refractivity contribution < 1.29 is 9.26 Å². The van der Waals surface area contributed by atoms with Crippen LogP contribution in [0, 0.1) is 0 Å². The summed E-state index contributed by atoms with van der Waals surface area (Å²) in [5, 5.41) is 3.97. The Balaban J connectivity index is 1.42. The Kier molecular flexibility index (Phi) is 4.60. The van der Waals surface area contributed by atoms with Gasteiger partial charge in [0.25, 0.3) is 0 Å². The van der Waals surface area contributed by atoms with Gasteiger partial charge in [-0.05, 0) is 31.9 Å². The molecule has 2 aromatic heterocycles. The molecule has 1 saturated heterocycles. The molecule has 1 aliphatic heterocycles. The number of likely N-dealkylation sites (tertiary alicyclic amines) is 1. The summed E-state index contributed by atoms with van der Waals surface area (Å²) in [5.41, 5.74) is 1.84. The molecule has 8 nitrogen and oxygen atoms in total. The SMILES string of the molecule is COC(C)c1noc(CN2CCC(n3c(=O)[nH]c4ccccc43)CC2)n1. The fraction of sp³-hybridized carbons (Fsp3) is 0.500. The molecule has 0 saturated carbocycles. The molecule has 0 amide bonds. The Bertz CT molecular complexity index is 936. The zero-order valence-corrected chi connectivity index (χ0v) is 15.0. The lowest BCUT2D eigenvalue weighted by atomic mass is 10.0. The molecule has 26 heavy (non-hydrogen) atoms. The molecule has 1 fully saturated rings. The smallest absolute Gasteiger partial charge is 0.326 e. The van der Waals surface area contributed by atoms with E-state index in [4.69, 9.17) is 9.26 Å². The minimum atomic E-state index is -0.174.